The minimum atomic E-state index is -0.135. The molecule has 46 valence electrons. The third kappa shape index (κ3) is 1.54. The molecule has 1 rings (SSSR count). The van der Waals surface area contributed by atoms with Crippen molar-refractivity contribution in [2.24, 2.45) is 0 Å². The lowest BCUT2D eigenvalue weighted by molar-refractivity contribution is 1.27. The van der Waals surface area contributed by atoms with Crippen LogP contribution < -0.4 is 0 Å². The fraction of sp³-hybridized carbons (Fsp3) is 0.167. The molecule has 0 radical (unpaired) electrons. The Morgan fingerprint density at radius 2 is 2.56 bits per heavy atom. The highest BCUT2D eigenvalue weighted by Crippen LogP contribution is 2.22. The Hall–Kier alpha value is -0.330. The van der Waals surface area contributed by atoms with Crippen LogP contribution in [-0.2, 0) is 0 Å². The number of rotatable bonds is 1. The van der Waals surface area contributed by atoms with E-state index in [4.69, 9.17) is 5.26 Å². The second-order valence-electron chi connectivity index (χ2n) is 1.55. The molecule has 1 unspecified atom stereocenters. The van der Waals surface area contributed by atoms with Crippen LogP contribution in [0.1, 0.15) is 10.4 Å². The van der Waals surface area contributed by atoms with Gasteiger partial charge in [-0.25, -0.2) is 0 Å². The van der Waals surface area contributed by atoms with Crippen LogP contribution in [0.2, 0.25) is 0 Å². The number of thiophene rings is 1. The van der Waals surface area contributed by atoms with E-state index >= 15 is 0 Å². The first-order valence-electron chi connectivity index (χ1n) is 2.40. The molecule has 0 fully saturated rings. The zero-order valence-corrected chi connectivity index (χ0v) is 6.95. The molecular weight excluding hydrogens is 198 g/mol. The van der Waals surface area contributed by atoms with E-state index in [2.05, 4.69) is 22.0 Å². The molecular formula is C6H4BrNS. The Bertz CT molecular complexity index is 211. The van der Waals surface area contributed by atoms with E-state index in [1.54, 1.807) is 11.3 Å². The molecule has 1 heterocycles. The summed E-state index contributed by atoms with van der Waals surface area (Å²) in [6.07, 6.45) is 0. The van der Waals surface area contributed by atoms with Gasteiger partial charge in [-0.1, -0.05) is 15.9 Å². The minimum absolute atomic E-state index is 0.135. The maximum atomic E-state index is 8.41. The topological polar surface area (TPSA) is 23.8 Å². The van der Waals surface area contributed by atoms with Crippen LogP contribution in [0.15, 0.2) is 16.8 Å². The quantitative estimate of drug-likeness (QED) is 0.642. The Balaban J connectivity index is 2.80. The van der Waals surface area contributed by atoms with Crippen molar-refractivity contribution in [3.05, 3.63) is 22.4 Å². The summed E-state index contributed by atoms with van der Waals surface area (Å²) >= 11 is 4.81. The van der Waals surface area contributed by atoms with Crippen molar-refractivity contribution >= 4 is 27.3 Å². The van der Waals surface area contributed by atoms with Gasteiger partial charge in [-0.15, -0.1) is 0 Å². The van der Waals surface area contributed by atoms with Gasteiger partial charge in [0.15, 0.2) is 0 Å². The van der Waals surface area contributed by atoms with Crippen LogP contribution in [-0.4, -0.2) is 0 Å². The molecule has 1 atom stereocenters. The smallest absolute Gasteiger partial charge is 0.127 e. The van der Waals surface area contributed by atoms with Crippen molar-refractivity contribution in [1.29, 1.82) is 5.26 Å². The molecule has 0 saturated heterocycles. The summed E-state index contributed by atoms with van der Waals surface area (Å²) in [4.78, 5) is -0.135. The largest absolute Gasteiger partial charge is 0.197 e. The molecule has 1 aromatic rings. The first-order chi connectivity index (χ1) is 4.34. The van der Waals surface area contributed by atoms with Crippen molar-refractivity contribution in [1.82, 2.24) is 0 Å². The molecule has 0 aromatic carbocycles. The zero-order valence-electron chi connectivity index (χ0n) is 4.54. The van der Waals surface area contributed by atoms with Gasteiger partial charge >= 0.3 is 0 Å². The average Bonchev–Trinajstić information content (AvgIpc) is 2.37. The molecule has 1 aromatic heterocycles. The van der Waals surface area contributed by atoms with Gasteiger partial charge in [0.25, 0.3) is 0 Å². The van der Waals surface area contributed by atoms with Crippen molar-refractivity contribution in [3.63, 3.8) is 0 Å². The predicted octanol–water partition coefficient (Wildman–Crippen LogP) is 2.71. The highest BCUT2D eigenvalue weighted by molar-refractivity contribution is 9.09. The fourth-order valence-electron chi connectivity index (χ4n) is 0.494. The predicted molar refractivity (Wildman–Crippen MR) is 41.6 cm³/mol. The van der Waals surface area contributed by atoms with Gasteiger partial charge < -0.3 is 0 Å². The molecule has 0 amide bonds. The summed E-state index contributed by atoms with van der Waals surface area (Å²) in [7, 11) is 0. The van der Waals surface area contributed by atoms with Crippen LogP contribution in [0.3, 0.4) is 0 Å². The molecule has 0 aliphatic carbocycles. The van der Waals surface area contributed by atoms with E-state index in [1.807, 2.05) is 16.8 Å². The first kappa shape index (κ1) is 6.79. The number of nitrogens with zero attached hydrogens (tertiary/aromatic N) is 1. The van der Waals surface area contributed by atoms with Gasteiger partial charge in [-0.3, -0.25) is 0 Å². The number of nitriles is 1. The van der Waals surface area contributed by atoms with Gasteiger partial charge in [0.2, 0.25) is 0 Å². The second-order valence-corrected chi connectivity index (χ2v) is 3.24. The third-order valence-electron chi connectivity index (χ3n) is 0.949. The minimum Gasteiger partial charge on any atom is -0.197 e. The third-order valence-corrected chi connectivity index (χ3v) is 2.38. The summed E-state index contributed by atoms with van der Waals surface area (Å²) in [5.41, 5.74) is 1.04. The standard InChI is InChI=1S/C6H4BrNS/c7-6(3-8)5-1-2-9-4-5/h1-2,4,6H. The Morgan fingerprint density at radius 1 is 1.78 bits per heavy atom. The highest BCUT2D eigenvalue weighted by Gasteiger charge is 2.03. The molecule has 9 heavy (non-hydrogen) atoms. The van der Waals surface area contributed by atoms with Crippen LogP contribution in [0.25, 0.3) is 0 Å². The number of hydrogen-bond acceptors (Lipinski definition) is 2. The fourth-order valence-corrected chi connectivity index (χ4v) is 1.64. The van der Waals surface area contributed by atoms with Crippen molar-refractivity contribution in [2.75, 3.05) is 0 Å². The highest BCUT2D eigenvalue weighted by atomic mass is 79.9. The van der Waals surface area contributed by atoms with Crippen molar-refractivity contribution in [2.45, 2.75) is 4.83 Å². The first-order valence-corrected chi connectivity index (χ1v) is 4.26. The summed E-state index contributed by atoms with van der Waals surface area (Å²) in [6.45, 7) is 0. The molecule has 0 aliphatic heterocycles. The van der Waals surface area contributed by atoms with Gasteiger partial charge in [0, 0.05) is 0 Å². The SMILES string of the molecule is N#CC(Br)c1ccsc1. The van der Waals surface area contributed by atoms with Gasteiger partial charge in [-0.05, 0) is 22.4 Å². The van der Waals surface area contributed by atoms with Crippen molar-refractivity contribution < 1.29 is 0 Å². The summed E-state index contributed by atoms with van der Waals surface area (Å²) in [6, 6.07) is 4.03. The van der Waals surface area contributed by atoms with E-state index in [0.29, 0.717) is 0 Å². The number of halogens is 1. The lowest BCUT2D eigenvalue weighted by atomic mass is 10.3. The van der Waals surface area contributed by atoms with Gasteiger partial charge in [0.1, 0.15) is 4.83 Å². The monoisotopic (exact) mass is 201 g/mol. The Labute approximate surface area is 66.1 Å². The summed E-state index contributed by atoms with van der Waals surface area (Å²) in [5, 5.41) is 12.3. The molecule has 0 bridgehead atoms. The van der Waals surface area contributed by atoms with E-state index in [1.165, 1.54) is 0 Å². The second kappa shape index (κ2) is 3.00. The summed E-state index contributed by atoms with van der Waals surface area (Å²) in [5.74, 6) is 0. The molecule has 0 aliphatic rings. The summed E-state index contributed by atoms with van der Waals surface area (Å²) < 4.78 is 0. The van der Waals surface area contributed by atoms with E-state index < -0.39 is 0 Å². The zero-order chi connectivity index (χ0) is 6.69. The molecule has 0 N–H and O–H groups in total. The van der Waals surface area contributed by atoms with E-state index in [9.17, 15) is 0 Å². The molecule has 1 nitrogen and oxygen atoms in total. The normalized spacial score (nSPS) is 12.4. The van der Waals surface area contributed by atoms with E-state index in [-0.39, 0.29) is 4.83 Å². The van der Waals surface area contributed by atoms with Crippen molar-refractivity contribution in [3.8, 4) is 6.07 Å². The molecule has 0 spiro atoms. The van der Waals surface area contributed by atoms with Crippen LogP contribution in [0.5, 0.6) is 0 Å². The maximum Gasteiger partial charge on any atom is 0.127 e. The molecule has 3 heteroatoms. The van der Waals surface area contributed by atoms with E-state index in [0.717, 1.165) is 5.56 Å². The van der Waals surface area contributed by atoms with Gasteiger partial charge in [-0.2, -0.15) is 16.6 Å². The van der Waals surface area contributed by atoms with Crippen LogP contribution >= 0.6 is 27.3 Å². The van der Waals surface area contributed by atoms with Crippen LogP contribution in [0, 0.1) is 11.3 Å². The Kier molecular flexibility index (Phi) is 2.26. The lowest BCUT2D eigenvalue weighted by Gasteiger charge is -1.90. The average molecular weight is 202 g/mol. The maximum absolute atomic E-state index is 8.41. The lowest BCUT2D eigenvalue weighted by Crippen LogP contribution is -1.77. The van der Waals surface area contributed by atoms with Crippen LogP contribution in [0.4, 0.5) is 0 Å². The number of hydrogen-bond donors (Lipinski definition) is 0. The Morgan fingerprint density at radius 3 is 3.00 bits per heavy atom. The molecule has 0 saturated carbocycles. The van der Waals surface area contributed by atoms with Gasteiger partial charge in [0.05, 0.1) is 6.07 Å². The number of alkyl halides is 1.